The fourth-order valence-corrected chi connectivity index (χ4v) is 3.88. The second-order valence-electron chi connectivity index (χ2n) is 5.65. The summed E-state index contributed by atoms with van der Waals surface area (Å²) < 4.78 is 50.5. The van der Waals surface area contributed by atoms with Gasteiger partial charge in [0.05, 0.1) is 21.0 Å². The first kappa shape index (κ1) is 19.9. The van der Waals surface area contributed by atoms with Crippen molar-refractivity contribution in [1.29, 1.82) is 0 Å². The monoisotopic (exact) mass is 396 g/mol. The molecule has 0 spiro atoms. The maximum absolute atomic E-state index is 12.6. The SMILES string of the molecule is CCCNC(=O)c1ccccc1NS(=O)(=O)c1ccc(S(C)(=O)=O)cc1. The summed E-state index contributed by atoms with van der Waals surface area (Å²) in [7, 11) is -7.40. The van der Waals surface area contributed by atoms with Crippen molar-refractivity contribution in [2.75, 3.05) is 17.5 Å². The molecule has 26 heavy (non-hydrogen) atoms. The molecule has 1 amide bonds. The molecule has 0 unspecified atom stereocenters. The summed E-state index contributed by atoms with van der Waals surface area (Å²) in [5, 5.41) is 2.70. The standard InChI is InChI=1S/C17H20N2O5S2/c1-3-12-18-17(20)15-6-4-5-7-16(15)19-26(23,24)14-10-8-13(9-11-14)25(2,21)22/h4-11,19H,3,12H2,1-2H3,(H,18,20). The molecule has 7 nitrogen and oxygen atoms in total. The van der Waals surface area contributed by atoms with Crippen molar-refractivity contribution in [2.45, 2.75) is 23.1 Å². The van der Waals surface area contributed by atoms with Crippen LogP contribution in [0.1, 0.15) is 23.7 Å². The van der Waals surface area contributed by atoms with E-state index in [1.807, 2.05) is 6.92 Å². The number of sulfonamides is 1. The number of para-hydroxylation sites is 1. The molecule has 9 heteroatoms. The molecule has 0 aliphatic carbocycles. The highest BCUT2D eigenvalue weighted by molar-refractivity contribution is 7.92. The van der Waals surface area contributed by atoms with Crippen molar-refractivity contribution in [3.8, 4) is 0 Å². The summed E-state index contributed by atoms with van der Waals surface area (Å²) in [6.07, 6.45) is 1.80. The van der Waals surface area contributed by atoms with Crippen LogP contribution in [-0.4, -0.2) is 35.5 Å². The Bertz CT molecular complexity index is 998. The van der Waals surface area contributed by atoms with E-state index in [2.05, 4.69) is 10.0 Å². The van der Waals surface area contributed by atoms with Gasteiger partial charge in [-0.3, -0.25) is 9.52 Å². The molecule has 2 aromatic rings. The zero-order valence-corrected chi connectivity index (χ0v) is 16.0. The predicted molar refractivity (Wildman–Crippen MR) is 99.4 cm³/mol. The van der Waals surface area contributed by atoms with Gasteiger partial charge in [-0.15, -0.1) is 0 Å². The summed E-state index contributed by atoms with van der Waals surface area (Å²) in [4.78, 5) is 12.1. The van der Waals surface area contributed by atoms with Gasteiger partial charge >= 0.3 is 0 Å². The Labute approximate surface area is 153 Å². The van der Waals surface area contributed by atoms with Crippen LogP contribution in [0, 0.1) is 0 Å². The Morgan fingerprint density at radius 2 is 1.50 bits per heavy atom. The minimum absolute atomic E-state index is 0.0239. The Balaban J connectivity index is 2.31. The van der Waals surface area contributed by atoms with Gasteiger partial charge in [-0.05, 0) is 42.8 Å². The fourth-order valence-electron chi connectivity index (χ4n) is 2.17. The summed E-state index contributed by atoms with van der Waals surface area (Å²) in [6.45, 7) is 2.39. The van der Waals surface area contributed by atoms with Crippen LogP contribution in [0.15, 0.2) is 58.3 Å². The van der Waals surface area contributed by atoms with Crippen LogP contribution < -0.4 is 10.0 Å². The molecule has 0 bridgehead atoms. The van der Waals surface area contributed by atoms with E-state index in [0.29, 0.717) is 6.54 Å². The highest BCUT2D eigenvalue weighted by atomic mass is 32.2. The van der Waals surface area contributed by atoms with Gasteiger partial charge in [-0.2, -0.15) is 0 Å². The third kappa shape index (κ3) is 4.83. The van der Waals surface area contributed by atoms with E-state index in [0.717, 1.165) is 12.7 Å². The van der Waals surface area contributed by atoms with Crippen molar-refractivity contribution in [3.05, 3.63) is 54.1 Å². The second-order valence-corrected chi connectivity index (χ2v) is 9.35. The van der Waals surface area contributed by atoms with E-state index in [1.54, 1.807) is 12.1 Å². The topological polar surface area (TPSA) is 109 Å². The van der Waals surface area contributed by atoms with Crippen LogP contribution in [0.4, 0.5) is 5.69 Å². The zero-order valence-electron chi connectivity index (χ0n) is 14.4. The number of carbonyl (C=O) groups excluding carboxylic acids is 1. The lowest BCUT2D eigenvalue weighted by molar-refractivity contribution is 0.0954. The normalized spacial score (nSPS) is 11.8. The first-order chi connectivity index (χ1) is 12.1. The fraction of sp³-hybridized carbons (Fsp3) is 0.235. The summed E-state index contributed by atoms with van der Waals surface area (Å²) in [6, 6.07) is 11.1. The maximum atomic E-state index is 12.6. The number of anilines is 1. The average Bonchev–Trinajstić information content (AvgIpc) is 2.59. The number of rotatable bonds is 7. The van der Waals surface area contributed by atoms with E-state index in [1.165, 1.54) is 36.4 Å². The number of hydrogen-bond acceptors (Lipinski definition) is 5. The average molecular weight is 396 g/mol. The van der Waals surface area contributed by atoms with Crippen molar-refractivity contribution in [1.82, 2.24) is 5.32 Å². The van der Waals surface area contributed by atoms with E-state index < -0.39 is 19.9 Å². The van der Waals surface area contributed by atoms with Crippen LogP contribution in [0.3, 0.4) is 0 Å². The minimum Gasteiger partial charge on any atom is -0.352 e. The zero-order chi connectivity index (χ0) is 19.4. The first-order valence-corrected chi connectivity index (χ1v) is 11.2. The van der Waals surface area contributed by atoms with Crippen molar-refractivity contribution in [2.24, 2.45) is 0 Å². The number of amides is 1. The van der Waals surface area contributed by atoms with Crippen LogP contribution in [0.5, 0.6) is 0 Å². The largest absolute Gasteiger partial charge is 0.352 e. The summed E-state index contributed by atoms with van der Waals surface area (Å²) in [5.74, 6) is -0.377. The number of nitrogens with one attached hydrogen (secondary N) is 2. The van der Waals surface area contributed by atoms with Crippen molar-refractivity contribution >= 4 is 31.5 Å². The molecule has 2 N–H and O–H groups in total. The highest BCUT2D eigenvalue weighted by Gasteiger charge is 2.19. The molecule has 0 radical (unpaired) electrons. The molecule has 0 aliphatic rings. The third-order valence-electron chi connectivity index (χ3n) is 3.51. The Morgan fingerprint density at radius 3 is 2.08 bits per heavy atom. The maximum Gasteiger partial charge on any atom is 0.261 e. The van der Waals surface area contributed by atoms with Crippen LogP contribution in [-0.2, 0) is 19.9 Å². The van der Waals surface area contributed by atoms with Crippen molar-refractivity contribution in [3.63, 3.8) is 0 Å². The van der Waals surface area contributed by atoms with Gasteiger partial charge in [0.15, 0.2) is 9.84 Å². The second kappa shape index (κ2) is 7.88. The van der Waals surface area contributed by atoms with E-state index >= 15 is 0 Å². The smallest absolute Gasteiger partial charge is 0.261 e. The molecular weight excluding hydrogens is 376 g/mol. The Morgan fingerprint density at radius 1 is 0.923 bits per heavy atom. The molecular formula is C17H20N2O5S2. The molecule has 0 saturated heterocycles. The van der Waals surface area contributed by atoms with Gasteiger partial charge in [0, 0.05) is 12.8 Å². The number of hydrogen-bond donors (Lipinski definition) is 2. The summed E-state index contributed by atoms with van der Waals surface area (Å²) in [5.41, 5.74) is 0.352. The van der Waals surface area contributed by atoms with Gasteiger partial charge in [-0.1, -0.05) is 19.1 Å². The molecule has 0 atom stereocenters. The lowest BCUT2D eigenvalue weighted by Crippen LogP contribution is -2.25. The molecule has 0 aliphatic heterocycles. The van der Waals surface area contributed by atoms with E-state index in [9.17, 15) is 21.6 Å². The number of benzene rings is 2. The molecule has 2 aromatic carbocycles. The summed E-state index contributed by atoms with van der Waals surface area (Å²) >= 11 is 0. The van der Waals surface area contributed by atoms with Gasteiger partial charge in [-0.25, -0.2) is 16.8 Å². The Hall–Kier alpha value is -2.39. The minimum atomic E-state index is -3.98. The van der Waals surface area contributed by atoms with Gasteiger partial charge in [0.2, 0.25) is 0 Å². The molecule has 0 fully saturated rings. The molecule has 0 aromatic heterocycles. The lowest BCUT2D eigenvalue weighted by atomic mass is 10.1. The molecule has 2 rings (SSSR count). The predicted octanol–water partition coefficient (Wildman–Crippen LogP) is 2.03. The van der Waals surface area contributed by atoms with Crippen LogP contribution in [0.2, 0.25) is 0 Å². The van der Waals surface area contributed by atoms with Crippen LogP contribution in [0.25, 0.3) is 0 Å². The van der Waals surface area contributed by atoms with Gasteiger partial charge in [0.1, 0.15) is 0 Å². The highest BCUT2D eigenvalue weighted by Crippen LogP contribution is 2.21. The molecule has 0 heterocycles. The number of sulfone groups is 1. The first-order valence-electron chi connectivity index (χ1n) is 7.85. The lowest BCUT2D eigenvalue weighted by Gasteiger charge is -2.13. The number of carbonyl (C=O) groups is 1. The van der Waals surface area contributed by atoms with E-state index in [4.69, 9.17) is 0 Å². The molecule has 140 valence electrons. The van der Waals surface area contributed by atoms with Crippen molar-refractivity contribution < 1.29 is 21.6 Å². The molecule has 0 saturated carbocycles. The quantitative estimate of drug-likeness (QED) is 0.744. The Kier molecular flexibility index (Phi) is 6.04. The van der Waals surface area contributed by atoms with Gasteiger partial charge < -0.3 is 5.32 Å². The van der Waals surface area contributed by atoms with Crippen LogP contribution >= 0.6 is 0 Å². The van der Waals surface area contributed by atoms with E-state index in [-0.39, 0.29) is 26.9 Å². The third-order valence-corrected chi connectivity index (χ3v) is 6.02. The van der Waals surface area contributed by atoms with Gasteiger partial charge in [0.25, 0.3) is 15.9 Å².